The van der Waals surface area contributed by atoms with Gasteiger partial charge < -0.3 is 14.7 Å². The Hall–Kier alpha value is -2.97. The Kier molecular flexibility index (Phi) is 4.74. The Morgan fingerprint density at radius 2 is 2.33 bits per heavy atom. The molecule has 142 valence electrons. The zero-order valence-corrected chi connectivity index (χ0v) is 15.6. The summed E-state index contributed by atoms with van der Waals surface area (Å²) in [4.78, 5) is 23.4. The number of carbonyl (C=O) groups is 1. The first kappa shape index (κ1) is 17.4. The van der Waals surface area contributed by atoms with Crippen molar-refractivity contribution in [2.75, 3.05) is 24.5 Å². The van der Waals surface area contributed by atoms with Crippen molar-refractivity contribution in [3.8, 4) is 0 Å². The van der Waals surface area contributed by atoms with Gasteiger partial charge in [-0.3, -0.25) is 4.79 Å². The molecule has 1 aliphatic rings. The number of rotatable bonds is 5. The highest BCUT2D eigenvalue weighted by molar-refractivity contribution is 5.95. The first-order valence-electron chi connectivity index (χ1n) is 9.30. The van der Waals surface area contributed by atoms with E-state index in [2.05, 4.69) is 30.4 Å². The molecule has 1 atom stereocenters. The second-order valence-corrected chi connectivity index (χ2v) is 6.86. The van der Waals surface area contributed by atoms with Gasteiger partial charge in [-0.2, -0.15) is 10.1 Å². The molecule has 0 bridgehead atoms. The van der Waals surface area contributed by atoms with Gasteiger partial charge in [0, 0.05) is 38.3 Å². The minimum absolute atomic E-state index is 0.123. The molecular weight excluding hydrogens is 346 g/mol. The second kappa shape index (κ2) is 7.34. The molecule has 9 nitrogen and oxygen atoms in total. The quantitative estimate of drug-likeness (QED) is 0.729. The van der Waals surface area contributed by atoms with Crippen molar-refractivity contribution < 1.29 is 9.32 Å². The van der Waals surface area contributed by atoms with Crippen LogP contribution in [-0.2, 0) is 6.42 Å². The molecule has 1 saturated heterocycles. The van der Waals surface area contributed by atoms with Crippen molar-refractivity contribution in [1.82, 2.24) is 30.1 Å². The van der Waals surface area contributed by atoms with Gasteiger partial charge in [0.1, 0.15) is 0 Å². The normalized spacial score (nSPS) is 17.4. The number of piperidine rings is 1. The molecule has 0 saturated carbocycles. The predicted molar refractivity (Wildman–Crippen MR) is 98.7 cm³/mol. The number of fused-ring (bicyclic) bond motifs is 1. The Morgan fingerprint density at radius 1 is 1.44 bits per heavy atom. The van der Waals surface area contributed by atoms with Crippen molar-refractivity contribution in [2.45, 2.75) is 33.1 Å². The molecule has 1 amide bonds. The zero-order chi connectivity index (χ0) is 18.8. The summed E-state index contributed by atoms with van der Waals surface area (Å²) in [7, 11) is 0. The van der Waals surface area contributed by atoms with Crippen molar-refractivity contribution >= 4 is 17.5 Å². The molecule has 4 heterocycles. The van der Waals surface area contributed by atoms with Crippen LogP contribution in [0.15, 0.2) is 23.0 Å². The molecule has 1 fully saturated rings. The van der Waals surface area contributed by atoms with Crippen LogP contribution in [0.5, 0.6) is 0 Å². The maximum atomic E-state index is 12.6. The summed E-state index contributed by atoms with van der Waals surface area (Å²) in [5.41, 5.74) is 2.06. The summed E-state index contributed by atoms with van der Waals surface area (Å²) in [5, 5.41) is 11.3. The Balaban J connectivity index is 1.38. The first-order chi connectivity index (χ1) is 13.2. The van der Waals surface area contributed by atoms with Gasteiger partial charge in [-0.25, -0.2) is 9.50 Å². The number of nitrogens with zero attached hydrogens (tertiary/aromatic N) is 6. The highest BCUT2D eigenvalue weighted by Crippen LogP contribution is 2.21. The van der Waals surface area contributed by atoms with Crippen LogP contribution in [0.1, 0.15) is 41.7 Å². The SMILES string of the molecule is CCc1nc(N2CCCC(CNC(=O)c3cnc4ccnn4c3C)C2)no1. The maximum Gasteiger partial charge on any atom is 0.266 e. The molecule has 1 unspecified atom stereocenters. The van der Waals surface area contributed by atoms with E-state index in [4.69, 9.17) is 4.52 Å². The molecule has 3 aromatic heterocycles. The molecule has 27 heavy (non-hydrogen) atoms. The monoisotopic (exact) mass is 369 g/mol. The highest BCUT2D eigenvalue weighted by atomic mass is 16.5. The zero-order valence-electron chi connectivity index (χ0n) is 15.6. The molecular formula is C18H23N7O2. The lowest BCUT2D eigenvalue weighted by Crippen LogP contribution is -2.41. The van der Waals surface area contributed by atoms with E-state index in [0.29, 0.717) is 29.9 Å². The van der Waals surface area contributed by atoms with Crippen molar-refractivity contribution in [3.05, 3.63) is 35.6 Å². The minimum Gasteiger partial charge on any atom is -0.352 e. The largest absolute Gasteiger partial charge is 0.352 e. The summed E-state index contributed by atoms with van der Waals surface area (Å²) in [6.07, 6.45) is 6.12. The van der Waals surface area contributed by atoms with Gasteiger partial charge in [-0.05, 0) is 30.8 Å². The molecule has 4 rings (SSSR count). The van der Waals surface area contributed by atoms with Crippen LogP contribution in [0, 0.1) is 12.8 Å². The van der Waals surface area contributed by atoms with Crippen LogP contribution in [-0.4, -0.2) is 50.3 Å². The van der Waals surface area contributed by atoms with E-state index < -0.39 is 0 Å². The van der Waals surface area contributed by atoms with E-state index in [1.54, 1.807) is 16.9 Å². The Morgan fingerprint density at radius 3 is 3.15 bits per heavy atom. The molecule has 0 aromatic carbocycles. The summed E-state index contributed by atoms with van der Waals surface area (Å²) >= 11 is 0. The van der Waals surface area contributed by atoms with Gasteiger partial charge in [0.2, 0.25) is 5.89 Å². The fourth-order valence-electron chi connectivity index (χ4n) is 3.48. The summed E-state index contributed by atoms with van der Waals surface area (Å²) in [6, 6.07) is 1.81. The van der Waals surface area contributed by atoms with Gasteiger partial charge in [0.25, 0.3) is 11.9 Å². The fourth-order valence-corrected chi connectivity index (χ4v) is 3.48. The molecule has 3 aromatic rings. The van der Waals surface area contributed by atoms with Gasteiger partial charge in [-0.15, -0.1) is 0 Å². The summed E-state index contributed by atoms with van der Waals surface area (Å²) in [5.74, 6) is 1.51. The van der Waals surface area contributed by atoms with Crippen molar-refractivity contribution in [2.24, 2.45) is 5.92 Å². The van der Waals surface area contributed by atoms with Crippen molar-refractivity contribution in [1.29, 1.82) is 0 Å². The molecule has 1 aliphatic heterocycles. The number of hydrogen-bond acceptors (Lipinski definition) is 7. The molecule has 9 heteroatoms. The fraction of sp³-hybridized carbons (Fsp3) is 0.500. The average Bonchev–Trinajstić information content (AvgIpc) is 3.36. The summed E-state index contributed by atoms with van der Waals surface area (Å²) in [6.45, 7) is 6.18. The van der Waals surface area contributed by atoms with E-state index in [1.165, 1.54) is 0 Å². The van der Waals surface area contributed by atoms with Crippen LogP contribution in [0.2, 0.25) is 0 Å². The van der Waals surface area contributed by atoms with Gasteiger partial charge in [0.05, 0.1) is 17.5 Å². The van der Waals surface area contributed by atoms with Crippen LogP contribution in [0.3, 0.4) is 0 Å². The number of aromatic nitrogens is 5. The van der Waals surface area contributed by atoms with E-state index in [1.807, 2.05) is 19.9 Å². The van der Waals surface area contributed by atoms with Crippen LogP contribution < -0.4 is 10.2 Å². The topological polar surface area (TPSA) is 101 Å². The third-order valence-electron chi connectivity index (χ3n) is 5.01. The van der Waals surface area contributed by atoms with E-state index >= 15 is 0 Å². The van der Waals surface area contributed by atoms with E-state index in [9.17, 15) is 4.79 Å². The van der Waals surface area contributed by atoms with Gasteiger partial charge in [0.15, 0.2) is 5.65 Å². The Labute approximate surface area is 156 Å². The van der Waals surface area contributed by atoms with Crippen LogP contribution in [0.25, 0.3) is 5.65 Å². The smallest absolute Gasteiger partial charge is 0.266 e. The average molecular weight is 369 g/mol. The number of hydrogen-bond donors (Lipinski definition) is 1. The molecule has 0 radical (unpaired) electrons. The van der Waals surface area contributed by atoms with Crippen LogP contribution >= 0.6 is 0 Å². The lowest BCUT2D eigenvalue weighted by atomic mass is 9.98. The number of amides is 1. The third kappa shape index (κ3) is 3.49. The number of nitrogens with one attached hydrogen (secondary N) is 1. The van der Waals surface area contributed by atoms with Crippen LogP contribution in [0.4, 0.5) is 5.95 Å². The Bertz CT molecular complexity index is 948. The number of aryl methyl sites for hydroxylation is 2. The minimum atomic E-state index is -0.123. The molecule has 0 spiro atoms. The van der Waals surface area contributed by atoms with E-state index in [-0.39, 0.29) is 5.91 Å². The highest BCUT2D eigenvalue weighted by Gasteiger charge is 2.24. The lowest BCUT2D eigenvalue weighted by molar-refractivity contribution is 0.0944. The third-order valence-corrected chi connectivity index (χ3v) is 5.01. The second-order valence-electron chi connectivity index (χ2n) is 6.86. The first-order valence-corrected chi connectivity index (χ1v) is 9.30. The van der Waals surface area contributed by atoms with Gasteiger partial charge >= 0.3 is 0 Å². The standard InChI is InChI=1S/C18H23N7O2/c1-3-16-22-18(23-27-16)24-8-4-5-13(11-24)9-20-17(26)14-10-19-15-6-7-21-25(15)12(14)2/h6-7,10,13H,3-5,8-9,11H2,1-2H3,(H,20,26). The number of anilines is 1. The predicted octanol–water partition coefficient (Wildman–Crippen LogP) is 1.63. The summed E-state index contributed by atoms with van der Waals surface area (Å²) < 4.78 is 6.89. The van der Waals surface area contributed by atoms with Crippen molar-refractivity contribution in [3.63, 3.8) is 0 Å². The lowest BCUT2D eigenvalue weighted by Gasteiger charge is -2.31. The van der Waals surface area contributed by atoms with Gasteiger partial charge in [-0.1, -0.05) is 6.92 Å². The molecule has 0 aliphatic carbocycles. The maximum absolute atomic E-state index is 12.6. The van der Waals surface area contributed by atoms with E-state index in [0.717, 1.165) is 43.7 Å². The number of carbonyl (C=O) groups excluding carboxylic acids is 1. The molecule has 1 N–H and O–H groups in total.